The van der Waals surface area contributed by atoms with E-state index in [-0.39, 0.29) is 11.9 Å². The fourth-order valence-corrected chi connectivity index (χ4v) is 3.86. The molecular weight excluding hydrogens is 401 g/mol. The standard InChI is InChI=1S/C14H20O2.C13H20NP/c1-4-5-6-14(15)12-7-9-13(10-8-12)16-11(2)3;15-13-7-5-12(6-8-13)4-3-11-14-9-1-2-10-14/h7-11H,4-6H2,1-3H3;5-8H,1-4,9-11,15H2. The molecule has 1 aliphatic rings. The molecule has 2 aromatic carbocycles. The minimum Gasteiger partial charge on any atom is -0.491 e. The highest BCUT2D eigenvalue weighted by Crippen LogP contribution is 2.15. The molecule has 3 nitrogen and oxygen atoms in total. The Labute approximate surface area is 191 Å². The van der Waals surface area contributed by atoms with E-state index < -0.39 is 0 Å². The number of rotatable bonds is 10. The molecule has 0 amide bonds. The van der Waals surface area contributed by atoms with Gasteiger partial charge in [-0.1, -0.05) is 37.6 Å². The lowest BCUT2D eigenvalue weighted by molar-refractivity contribution is 0.0979. The van der Waals surface area contributed by atoms with Gasteiger partial charge in [0, 0.05) is 12.0 Å². The lowest BCUT2D eigenvalue weighted by atomic mass is 10.1. The lowest BCUT2D eigenvalue weighted by Gasteiger charge is -2.13. The number of carbonyl (C=O) groups excluding carboxylic acids is 1. The van der Waals surface area contributed by atoms with Crippen molar-refractivity contribution < 1.29 is 9.53 Å². The number of ether oxygens (including phenoxy) is 1. The molecule has 0 radical (unpaired) electrons. The predicted molar refractivity (Wildman–Crippen MR) is 136 cm³/mol. The van der Waals surface area contributed by atoms with Gasteiger partial charge in [-0.3, -0.25) is 4.79 Å². The Balaban J connectivity index is 0.000000220. The molecule has 1 aliphatic heterocycles. The summed E-state index contributed by atoms with van der Waals surface area (Å²) in [4.78, 5) is 14.3. The van der Waals surface area contributed by atoms with E-state index in [9.17, 15) is 4.79 Å². The maximum absolute atomic E-state index is 11.7. The van der Waals surface area contributed by atoms with Gasteiger partial charge in [0.05, 0.1) is 6.10 Å². The van der Waals surface area contributed by atoms with Gasteiger partial charge in [0.25, 0.3) is 0 Å². The van der Waals surface area contributed by atoms with Gasteiger partial charge in [0.2, 0.25) is 0 Å². The Morgan fingerprint density at radius 2 is 1.65 bits per heavy atom. The molecule has 170 valence electrons. The van der Waals surface area contributed by atoms with E-state index in [1.165, 1.54) is 56.2 Å². The summed E-state index contributed by atoms with van der Waals surface area (Å²) >= 11 is 0. The summed E-state index contributed by atoms with van der Waals surface area (Å²) in [6.07, 6.45) is 8.16. The summed E-state index contributed by atoms with van der Waals surface area (Å²) in [5.74, 6) is 1.04. The summed E-state index contributed by atoms with van der Waals surface area (Å²) in [5, 5.41) is 1.28. The lowest BCUT2D eigenvalue weighted by Crippen LogP contribution is -2.20. The number of hydrogen-bond acceptors (Lipinski definition) is 3. The Bertz CT molecular complexity index is 750. The first-order valence-electron chi connectivity index (χ1n) is 11.8. The topological polar surface area (TPSA) is 29.5 Å². The second-order valence-electron chi connectivity index (χ2n) is 8.61. The van der Waals surface area contributed by atoms with Gasteiger partial charge in [0.15, 0.2) is 5.78 Å². The van der Waals surface area contributed by atoms with Crippen LogP contribution >= 0.6 is 9.24 Å². The molecule has 2 aromatic rings. The van der Waals surface area contributed by atoms with Gasteiger partial charge < -0.3 is 9.64 Å². The van der Waals surface area contributed by atoms with E-state index in [4.69, 9.17) is 4.74 Å². The minimum atomic E-state index is 0.168. The Morgan fingerprint density at radius 1 is 1.00 bits per heavy atom. The third-order valence-electron chi connectivity index (χ3n) is 5.42. The normalized spacial score (nSPS) is 13.7. The molecule has 4 heteroatoms. The predicted octanol–water partition coefficient (Wildman–Crippen LogP) is 6.06. The molecule has 0 aromatic heterocycles. The average molecular weight is 442 g/mol. The average Bonchev–Trinajstić information content (AvgIpc) is 3.27. The van der Waals surface area contributed by atoms with Crippen molar-refractivity contribution in [2.75, 3.05) is 19.6 Å². The number of carbonyl (C=O) groups is 1. The van der Waals surface area contributed by atoms with Crippen molar-refractivity contribution in [3.05, 3.63) is 59.7 Å². The highest BCUT2D eigenvalue weighted by Gasteiger charge is 2.10. The van der Waals surface area contributed by atoms with Crippen LogP contribution in [0.3, 0.4) is 0 Å². The van der Waals surface area contributed by atoms with Crippen LogP contribution in [-0.4, -0.2) is 36.4 Å². The monoisotopic (exact) mass is 441 g/mol. The van der Waals surface area contributed by atoms with Crippen molar-refractivity contribution in [1.82, 2.24) is 4.90 Å². The van der Waals surface area contributed by atoms with Crippen LogP contribution in [0.1, 0.15) is 75.2 Å². The smallest absolute Gasteiger partial charge is 0.162 e. The van der Waals surface area contributed by atoms with Gasteiger partial charge in [0.1, 0.15) is 5.75 Å². The van der Waals surface area contributed by atoms with E-state index in [1.54, 1.807) is 0 Å². The number of ketones is 1. The van der Waals surface area contributed by atoms with Crippen LogP contribution in [0.25, 0.3) is 0 Å². The quantitative estimate of drug-likeness (QED) is 0.331. The molecule has 3 rings (SSSR count). The van der Waals surface area contributed by atoms with Crippen molar-refractivity contribution in [3.8, 4) is 5.75 Å². The van der Waals surface area contributed by atoms with Gasteiger partial charge in [-0.25, -0.2) is 0 Å². The first-order valence-corrected chi connectivity index (χ1v) is 12.4. The number of nitrogens with zero attached hydrogens (tertiary/aromatic N) is 1. The summed E-state index contributed by atoms with van der Waals surface area (Å²) in [6.45, 7) is 9.99. The molecule has 1 heterocycles. The molecule has 0 N–H and O–H groups in total. The van der Waals surface area contributed by atoms with Crippen molar-refractivity contribution in [1.29, 1.82) is 0 Å². The Hall–Kier alpha value is -1.70. The van der Waals surface area contributed by atoms with Gasteiger partial charge in [-0.15, -0.1) is 9.24 Å². The summed E-state index contributed by atoms with van der Waals surface area (Å²) in [7, 11) is 2.73. The van der Waals surface area contributed by atoms with Crippen LogP contribution in [0.2, 0.25) is 0 Å². The highest BCUT2D eigenvalue weighted by molar-refractivity contribution is 7.27. The molecule has 31 heavy (non-hydrogen) atoms. The van der Waals surface area contributed by atoms with E-state index in [0.717, 1.165) is 24.2 Å². The van der Waals surface area contributed by atoms with Crippen molar-refractivity contribution in [3.63, 3.8) is 0 Å². The van der Waals surface area contributed by atoms with Crippen LogP contribution < -0.4 is 10.0 Å². The van der Waals surface area contributed by atoms with E-state index >= 15 is 0 Å². The fourth-order valence-electron chi connectivity index (χ4n) is 3.67. The number of benzene rings is 2. The molecule has 0 bridgehead atoms. The van der Waals surface area contributed by atoms with Crippen molar-refractivity contribution in [2.45, 2.75) is 71.8 Å². The van der Waals surface area contributed by atoms with Gasteiger partial charge in [-0.2, -0.15) is 0 Å². The van der Waals surface area contributed by atoms with Crippen LogP contribution in [0.4, 0.5) is 0 Å². The fraction of sp³-hybridized carbons (Fsp3) is 0.519. The summed E-state index contributed by atoms with van der Waals surface area (Å²) < 4.78 is 5.52. The van der Waals surface area contributed by atoms with E-state index in [2.05, 4.69) is 45.3 Å². The van der Waals surface area contributed by atoms with E-state index in [0.29, 0.717) is 6.42 Å². The molecule has 0 spiro atoms. The number of Topliss-reactive ketones (excluding diaryl/α,β-unsaturated/α-hetero) is 1. The van der Waals surface area contributed by atoms with Crippen LogP contribution in [0.5, 0.6) is 5.75 Å². The molecular formula is C27H40NO2P. The zero-order valence-corrected chi connectivity index (χ0v) is 20.8. The minimum absolute atomic E-state index is 0.168. The molecule has 1 atom stereocenters. The number of likely N-dealkylation sites (tertiary alicyclic amines) is 1. The number of hydrogen-bond donors (Lipinski definition) is 0. The summed E-state index contributed by atoms with van der Waals surface area (Å²) in [6, 6.07) is 16.2. The zero-order valence-electron chi connectivity index (χ0n) is 19.6. The third-order valence-corrected chi connectivity index (χ3v) is 5.81. The molecule has 0 aliphatic carbocycles. The summed E-state index contributed by atoms with van der Waals surface area (Å²) in [5.41, 5.74) is 2.25. The maximum Gasteiger partial charge on any atom is 0.162 e. The Kier molecular flexibility index (Phi) is 11.9. The second kappa shape index (κ2) is 14.4. The number of aryl methyl sites for hydroxylation is 1. The largest absolute Gasteiger partial charge is 0.491 e. The first kappa shape index (κ1) is 25.6. The van der Waals surface area contributed by atoms with Gasteiger partial charge >= 0.3 is 0 Å². The maximum atomic E-state index is 11.7. The molecule has 0 saturated carbocycles. The van der Waals surface area contributed by atoms with Gasteiger partial charge in [-0.05, 0) is 101 Å². The zero-order chi connectivity index (χ0) is 22.5. The van der Waals surface area contributed by atoms with Crippen LogP contribution in [0.15, 0.2) is 48.5 Å². The van der Waals surface area contributed by atoms with Crippen LogP contribution in [0, 0.1) is 0 Å². The number of unbranched alkanes of at least 4 members (excludes halogenated alkanes) is 1. The van der Waals surface area contributed by atoms with Crippen molar-refractivity contribution >= 4 is 20.3 Å². The molecule has 1 saturated heterocycles. The Morgan fingerprint density at radius 3 is 2.23 bits per heavy atom. The first-order chi connectivity index (χ1) is 15.0. The van der Waals surface area contributed by atoms with Crippen molar-refractivity contribution in [2.24, 2.45) is 0 Å². The highest BCUT2D eigenvalue weighted by atomic mass is 31.0. The SMILES string of the molecule is CCCCC(=O)c1ccc(OC(C)C)cc1.Pc1ccc(CCCN2CCCC2)cc1. The molecule has 1 fully saturated rings. The second-order valence-corrected chi connectivity index (χ2v) is 9.28. The molecule has 1 unspecified atom stereocenters. The van der Waals surface area contributed by atoms with Crippen LogP contribution in [-0.2, 0) is 6.42 Å². The third kappa shape index (κ3) is 10.4. The van der Waals surface area contributed by atoms with E-state index in [1.807, 2.05) is 38.1 Å².